The zero-order valence-corrected chi connectivity index (χ0v) is 8.73. The second-order valence-corrected chi connectivity index (χ2v) is 4.35. The second kappa shape index (κ2) is 2.96. The average Bonchev–Trinajstić information content (AvgIpc) is 3.07. The van der Waals surface area contributed by atoms with Crippen molar-refractivity contribution in [2.45, 2.75) is 18.8 Å². The Morgan fingerprint density at radius 2 is 2.07 bits per heavy atom. The normalized spacial score (nSPS) is 15.8. The van der Waals surface area contributed by atoms with Crippen LogP contribution in [-0.2, 0) is 7.05 Å². The van der Waals surface area contributed by atoms with E-state index in [0.29, 0.717) is 0 Å². The molecule has 0 aliphatic heterocycles. The first-order valence-electron chi connectivity index (χ1n) is 5.35. The van der Waals surface area contributed by atoms with Gasteiger partial charge in [0.25, 0.3) is 5.56 Å². The first-order valence-corrected chi connectivity index (χ1v) is 5.35. The molecule has 0 spiro atoms. The number of aromatic nitrogens is 1. The highest BCUT2D eigenvalue weighted by atomic mass is 16.1. The van der Waals surface area contributed by atoms with Gasteiger partial charge in [-0.05, 0) is 41.8 Å². The van der Waals surface area contributed by atoms with Crippen molar-refractivity contribution in [2.75, 3.05) is 0 Å². The molecule has 1 aliphatic rings. The molecule has 0 radical (unpaired) electrons. The lowest BCUT2D eigenvalue weighted by molar-refractivity contribution is 0.873. The minimum absolute atomic E-state index is 0.0925. The van der Waals surface area contributed by atoms with E-state index in [2.05, 4.69) is 12.1 Å². The average molecular weight is 199 g/mol. The van der Waals surface area contributed by atoms with Crippen molar-refractivity contribution in [3.63, 3.8) is 0 Å². The minimum atomic E-state index is 0.0925. The van der Waals surface area contributed by atoms with E-state index >= 15 is 0 Å². The van der Waals surface area contributed by atoms with Gasteiger partial charge in [-0.1, -0.05) is 12.1 Å². The summed E-state index contributed by atoms with van der Waals surface area (Å²) < 4.78 is 1.62. The van der Waals surface area contributed by atoms with Crippen molar-refractivity contribution in [1.82, 2.24) is 4.57 Å². The summed E-state index contributed by atoms with van der Waals surface area (Å²) in [6.45, 7) is 0. The fourth-order valence-electron chi connectivity index (χ4n) is 2.03. The van der Waals surface area contributed by atoms with Crippen LogP contribution in [0.5, 0.6) is 0 Å². The Labute approximate surface area is 88.2 Å². The van der Waals surface area contributed by atoms with E-state index in [1.54, 1.807) is 11.6 Å². The van der Waals surface area contributed by atoms with Gasteiger partial charge in [0.05, 0.1) is 0 Å². The van der Waals surface area contributed by atoms with Crippen molar-refractivity contribution in [3.8, 4) is 0 Å². The molecule has 1 saturated carbocycles. The molecule has 1 aromatic heterocycles. The van der Waals surface area contributed by atoms with Gasteiger partial charge >= 0.3 is 0 Å². The quantitative estimate of drug-likeness (QED) is 0.691. The standard InChI is InChI=1S/C13H13NO/c1-14-7-6-11-8-10(9-2-3-9)4-5-12(11)13(14)15/h4-9H,2-3H2,1H3. The van der Waals surface area contributed by atoms with Crippen molar-refractivity contribution in [2.24, 2.45) is 7.05 Å². The summed E-state index contributed by atoms with van der Waals surface area (Å²) in [5.74, 6) is 0.749. The van der Waals surface area contributed by atoms with Gasteiger partial charge in [-0.2, -0.15) is 0 Å². The van der Waals surface area contributed by atoms with Crippen LogP contribution in [0.3, 0.4) is 0 Å². The van der Waals surface area contributed by atoms with Gasteiger partial charge in [-0.25, -0.2) is 0 Å². The minimum Gasteiger partial charge on any atom is -0.318 e. The SMILES string of the molecule is Cn1ccc2cc(C3CC3)ccc2c1=O. The van der Waals surface area contributed by atoms with Gasteiger partial charge in [0.2, 0.25) is 0 Å². The Bertz CT molecular complexity index is 579. The first kappa shape index (κ1) is 8.72. The predicted octanol–water partition coefficient (Wildman–Crippen LogP) is 2.42. The van der Waals surface area contributed by atoms with Crippen LogP contribution in [0.4, 0.5) is 0 Å². The molecule has 0 N–H and O–H groups in total. The molecule has 0 atom stereocenters. The predicted molar refractivity (Wildman–Crippen MR) is 61.2 cm³/mol. The summed E-state index contributed by atoms with van der Waals surface area (Å²) in [7, 11) is 1.79. The number of pyridine rings is 1. The summed E-state index contributed by atoms with van der Waals surface area (Å²) in [5, 5.41) is 1.90. The summed E-state index contributed by atoms with van der Waals surface area (Å²) in [6, 6.07) is 8.24. The number of hydrogen-bond acceptors (Lipinski definition) is 1. The van der Waals surface area contributed by atoms with Crippen molar-refractivity contribution < 1.29 is 0 Å². The lowest BCUT2D eigenvalue weighted by atomic mass is 10.1. The van der Waals surface area contributed by atoms with E-state index in [-0.39, 0.29) is 5.56 Å². The van der Waals surface area contributed by atoms with Crippen molar-refractivity contribution in [1.29, 1.82) is 0 Å². The molecule has 2 aromatic rings. The molecule has 76 valence electrons. The van der Waals surface area contributed by atoms with Gasteiger partial charge in [-0.3, -0.25) is 4.79 Å². The molecular weight excluding hydrogens is 186 g/mol. The van der Waals surface area contributed by atoms with Gasteiger partial charge in [0.1, 0.15) is 0 Å². The molecular formula is C13H13NO. The van der Waals surface area contributed by atoms with Crippen LogP contribution >= 0.6 is 0 Å². The number of hydrogen-bond donors (Lipinski definition) is 0. The molecule has 2 heteroatoms. The molecule has 1 aromatic carbocycles. The maximum absolute atomic E-state index is 11.8. The largest absolute Gasteiger partial charge is 0.318 e. The Morgan fingerprint density at radius 1 is 1.27 bits per heavy atom. The molecule has 1 fully saturated rings. The first-order chi connectivity index (χ1) is 7.25. The molecule has 1 heterocycles. The van der Waals surface area contributed by atoms with Crippen molar-refractivity contribution >= 4 is 10.8 Å². The fourth-order valence-corrected chi connectivity index (χ4v) is 2.03. The Balaban J connectivity index is 2.28. The maximum Gasteiger partial charge on any atom is 0.258 e. The number of benzene rings is 1. The third-order valence-corrected chi connectivity index (χ3v) is 3.15. The molecule has 0 saturated heterocycles. The lowest BCUT2D eigenvalue weighted by Crippen LogP contribution is -2.15. The molecule has 0 bridgehead atoms. The van der Waals surface area contributed by atoms with E-state index in [1.807, 2.05) is 18.3 Å². The number of rotatable bonds is 1. The molecule has 2 nitrogen and oxygen atoms in total. The van der Waals surface area contributed by atoms with Crippen LogP contribution in [0.15, 0.2) is 35.3 Å². The zero-order chi connectivity index (χ0) is 10.4. The van der Waals surface area contributed by atoms with Crippen LogP contribution in [0.2, 0.25) is 0 Å². The van der Waals surface area contributed by atoms with Gasteiger partial charge in [-0.15, -0.1) is 0 Å². The Hall–Kier alpha value is -1.57. The topological polar surface area (TPSA) is 22.0 Å². The number of fused-ring (bicyclic) bond motifs is 1. The lowest BCUT2D eigenvalue weighted by Gasteiger charge is -2.03. The highest BCUT2D eigenvalue weighted by Gasteiger charge is 2.23. The van der Waals surface area contributed by atoms with Gasteiger partial charge < -0.3 is 4.57 Å². The fraction of sp³-hybridized carbons (Fsp3) is 0.308. The van der Waals surface area contributed by atoms with Gasteiger partial charge in [0.15, 0.2) is 0 Å². The van der Waals surface area contributed by atoms with E-state index in [0.717, 1.165) is 16.7 Å². The van der Waals surface area contributed by atoms with Crippen LogP contribution in [0, 0.1) is 0 Å². The molecule has 15 heavy (non-hydrogen) atoms. The molecule has 0 amide bonds. The molecule has 1 aliphatic carbocycles. The van der Waals surface area contributed by atoms with E-state index in [4.69, 9.17) is 0 Å². The number of aryl methyl sites for hydroxylation is 1. The van der Waals surface area contributed by atoms with Crippen molar-refractivity contribution in [3.05, 3.63) is 46.4 Å². The second-order valence-electron chi connectivity index (χ2n) is 4.35. The molecule has 3 rings (SSSR count). The third kappa shape index (κ3) is 1.37. The van der Waals surface area contributed by atoms with E-state index in [1.165, 1.54) is 18.4 Å². The van der Waals surface area contributed by atoms with E-state index in [9.17, 15) is 4.79 Å². The van der Waals surface area contributed by atoms with Crippen LogP contribution in [-0.4, -0.2) is 4.57 Å². The van der Waals surface area contributed by atoms with Crippen LogP contribution < -0.4 is 5.56 Å². The summed E-state index contributed by atoms with van der Waals surface area (Å²) in [6.07, 6.45) is 4.44. The van der Waals surface area contributed by atoms with Crippen LogP contribution in [0.25, 0.3) is 10.8 Å². The summed E-state index contributed by atoms with van der Waals surface area (Å²) in [4.78, 5) is 11.8. The smallest absolute Gasteiger partial charge is 0.258 e. The monoisotopic (exact) mass is 199 g/mol. The third-order valence-electron chi connectivity index (χ3n) is 3.15. The van der Waals surface area contributed by atoms with Crippen LogP contribution in [0.1, 0.15) is 24.3 Å². The zero-order valence-electron chi connectivity index (χ0n) is 8.73. The summed E-state index contributed by atoms with van der Waals surface area (Å²) in [5.41, 5.74) is 1.48. The van der Waals surface area contributed by atoms with E-state index < -0.39 is 0 Å². The Kier molecular flexibility index (Phi) is 1.72. The Morgan fingerprint density at radius 3 is 2.80 bits per heavy atom. The maximum atomic E-state index is 11.8. The summed E-state index contributed by atoms with van der Waals surface area (Å²) >= 11 is 0. The van der Waals surface area contributed by atoms with Gasteiger partial charge in [0, 0.05) is 18.6 Å². The molecule has 0 unspecified atom stereocenters. The highest BCUT2D eigenvalue weighted by molar-refractivity contribution is 5.82. The number of nitrogens with zero attached hydrogens (tertiary/aromatic N) is 1. The highest BCUT2D eigenvalue weighted by Crippen LogP contribution is 2.40.